The number of nitrogens with zero attached hydrogens (tertiary/aromatic N) is 1. The number of carbonyl (C=O) groups excluding carboxylic acids is 3. The molecular formula is C22H27N3O5. The Balaban J connectivity index is 1.50. The van der Waals surface area contributed by atoms with Gasteiger partial charge >= 0.3 is 0 Å². The predicted molar refractivity (Wildman–Crippen MR) is 109 cm³/mol. The minimum atomic E-state index is -0.534. The zero-order chi connectivity index (χ0) is 21.3. The van der Waals surface area contributed by atoms with Crippen LogP contribution in [0.5, 0.6) is 0 Å². The van der Waals surface area contributed by atoms with E-state index >= 15 is 0 Å². The Hall–Kier alpha value is -3.13. The third kappa shape index (κ3) is 5.93. The Kier molecular flexibility index (Phi) is 7.62. The number of amides is 3. The Morgan fingerprint density at radius 3 is 2.57 bits per heavy atom. The van der Waals surface area contributed by atoms with Crippen molar-refractivity contribution in [3.63, 3.8) is 0 Å². The van der Waals surface area contributed by atoms with E-state index in [0.29, 0.717) is 23.2 Å². The van der Waals surface area contributed by atoms with Crippen LogP contribution < -0.4 is 10.6 Å². The number of benzene rings is 1. The van der Waals surface area contributed by atoms with Gasteiger partial charge < -0.3 is 15.1 Å². The number of hydrogen-bond donors (Lipinski definition) is 3. The highest BCUT2D eigenvalue weighted by Gasteiger charge is 2.26. The molecule has 3 rings (SSSR count). The van der Waals surface area contributed by atoms with E-state index in [1.54, 1.807) is 12.1 Å². The smallest absolute Gasteiger partial charge is 0.288 e. The van der Waals surface area contributed by atoms with Crippen LogP contribution in [0.15, 0.2) is 46.9 Å². The van der Waals surface area contributed by atoms with E-state index in [1.807, 2.05) is 30.3 Å². The molecule has 3 N–H and O–H groups in total. The molecule has 1 aliphatic rings. The van der Waals surface area contributed by atoms with Gasteiger partial charge in [-0.2, -0.15) is 0 Å². The lowest BCUT2D eigenvalue weighted by Crippen LogP contribution is -2.43. The number of rotatable bonds is 10. The molecule has 3 amide bonds. The van der Waals surface area contributed by atoms with Gasteiger partial charge in [0.05, 0.1) is 19.1 Å². The number of hydroxylamine groups is 2. The summed E-state index contributed by atoms with van der Waals surface area (Å²) in [5.74, 6) is -0.149. The monoisotopic (exact) mass is 413 g/mol. The molecule has 1 saturated carbocycles. The van der Waals surface area contributed by atoms with Crippen molar-refractivity contribution in [1.29, 1.82) is 0 Å². The molecule has 0 unspecified atom stereocenters. The molecule has 8 nitrogen and oxygen atoms in total. The van der Waals surface area contributed by atoms with Gasteiger partial charge in [0.2, 0.25) is 12.3 Å². The van der Waals surface area contributed by atoms with Crippen LogP contribution in [0, 0.1) is 11.8 Å². The van der Waals surface area contributed by atoms with Crippen molar-refractivity contribution in [3.8, 4) is 11.3 Å². The van der Waals surface area contributed by atoms with Crippen LogP contribution in [-0.4, -0.2) is 41.7 Å². The summed E-state index contributed by atoms with van der Waals surface area (Å²) >= 11 is 0. The van der Waals surface area contributed by atoms with Crippen molar-refractivity contribution in [3.05, 3.63) is 48.2 Å². The van der Waals surface area contributed by atoms with E-state index < -0.39 is 11.8 Å². The molecule has 2 aromatic rings. The summed E-state index contributed by atoms with van der Waals surface area (Å²) in [6, 6.07) is 12.7. The van der Waals surface area contributed by atoms with Crippen molar-refractivity contribution in [2.75, 3.05) is 13.2 Å². The Morgan fingerprint density at radius 1 is 1.13 bits per heavy atom. The van der Waals surface area contributed by atoms with Crippen molar-refractivity contribution in [2.24, 2.45) is 11.8 Å². The first-order chi connectivity index (χ1) is 14.6. The van der Waals surface area contributed by atoms with Gasteiger partial charge in [0.25, 0.3) is 5.91 Å². The van der Waals surface area contributed by atoms with Gasteiger partial charge in [-0.05, 0) is 24.5 Å². The van der Waals surface area contributed by atoms with Gasteiger partial charge in [0, 0.05) is 5.56 Å². The van der Waals surface area contributed by atoms with Crippen LogP contribution >= 0.6 is 0 Å². The Morgan fingerprint density at radius 2 is 1.87 bits per heavy atom. The third-order valence-electron chi connectivity index (χ3n) is 5.39. The van der Waals surface area contributed by atoms with Crippen LogP contribution in [0.25, 0.3) is 11.3 Å². The molecule has 8 heteroatoms. The largest absolute Gasteiger partial charge is 0.451 e. The van der Waals surface area contributed by atoms with Gasteiger partial charge in [-0.3, -0.25) is 19.6 Å². The molecular weight excluding hydrogens is 386 g/mol. The molecule has 1 atom stereocenters. The average Bonchev–Trinajstić information content (AvgIpc) is 3.46. The topological polar surface area (TPSA) is 112 Å². The lowest BCUT2D eigenvalue weighted by atomic mass is 9.92. The van der Waals surface area contributed by atoms with E-state index in [9.17, 15) is 19.6 Å². The summed E-state index contributed by atoms with van der Waals surface area (Å²) in [7, 11) is 0. The number of hydrogen-bond acceptors (Lipinski definition) is 5. The predicted octanol–water partition coefficient (Wildman–Crippen LogP) is 2.79. The molecule has 160 valence electrons. The fourth-order valence-corrected chi connectivity index (χ4v) is 3.84. The molecule has 0 bridgehead atoms. The standard InChI is InChI=1S/C22H27N3O5/c26-15-25(29)13-18(12-16-6-4-5-7-16)21(27)23-14-24-22(28)20-11-10-19(30-20)17-8-2-1-3-9-17/h1-3,8-11,15-16,18,29H,4-7,12-14H2,(H,23,27)(H,24,28)/t18-/m1/s1. The molecule has 0 spiro atoms. The molecule has 1 heterocycles. The van der Waals surface area contributed by atoms with E-state index in [2.05, 4.69) is 10.6 Å². The van der Waals surface area contributed by atoms with Gasteiger partial charge in [-0.1, -0.05) is 56.0 Å². The zero-order valence-corrected chi connectivity index (χ0v) is 16.8. The van der Waals surface area contributed by atoms with Gasteiger partial charge in [-0.25, -0.2) is 5.06 Å². The SMILES string of the molecule is O=CN(O)C[C@@H](CC1CCCC1)C(=O)NCNC(=O)c1ccc(-c2ccccc2)o1. The third-order valence-corrected chi connectivity index (χ3v) is 5.39. The molecule has 30 heavy (non-hydrogen) atoms. The van der Waals surface area contributed by atoms with Crippen LogP contribution in [0.3, 0.4) is 0 Å². The Bertz CT molecular complexity index is 845. The van der Waals surface area contributed by atoms with Crippen LogP contribution in [-0.2, 0) is 9.59 Å². The highest BCUT2D eigenvalue weighted by molar-refractivity contribution is 5.92. The quantitative estimate of drug-likeness (QED) is 0.240. The molecule has 1 aromatic heterocycles. The van der Waals surface area contributed by atoms with Crippen molar-refractivity contribution < 1.29 is 24.0 Å². The fourth-order valence-electron chi connectivity index (χ4n) is 3.84. The maximum Gasteiger partial charge on any atom is 0.288 e. The van der Waals surface area contributed by atoms with E-state index in [1.165, 1.54) is 0 Å². The van der Waals surface area contributed by atoms with Crippen LogP contribution in [0.2, 0.25) is 0 Å². The lowest BCUT2D eigenvalue weighted by Gasteiger charge is -2.22. The second-order valence-corrected chi connectivity index (χ2v) is 7.56. The maximum absolute atomic E-state index is 12.5. The van der Waals surface area contributed by atoms with Crippen molar-refractivity contribution >= 4 is 18.2 Å². The average molecular weight is 413 g/mol. The minimum Gasteiger partial charge on any atom is -0.451 e. The number of nitrogens with one attached hydrogen (secondary N) is 2. The fraction of sp³-hybridized carbons (Fsp3) is 0.409. The van der Waals surface area contributed by atoms with Crippen LogP contribution in [0.1, 0.15) is 42.7 Å². The first kappa shape index (κ1) is 21.6. The first-order valence-corrected chi connectivity index (χ1v) is 10.2. The minimum absolute atomic E-state index is 0.0710. The summed E-state index contributed by atoms with van der Waals surface area (Å²) in [6.45, 7) is -0.148. The second kappa shape index (κ2) is 10.6. The zero-order valence-electron chi connectivity index (χ0n) is 16.8. The van der Waals surface area contributed by atoms with E-state index in [-0.39, 0.29) is 31.3 Å². The normalized spacial score (nSPS) is 14.8. The highest BCUT2D eigenvalue weighted by Crippen LogP contribution is 2.30. The summed E-state index contributed by atoms with van der Waals surface area (Å²) in [5, 5.41) is 15.3. The first-order valence-electron chi connectivity index (χ1n) is 10.2. The molecule has 0 radical (unpaired) electrons. The van der Waals surface area contributed by atoms with Crippen molar-refractivity contribution in [2.45, 2.75) is 32.1 Å². The van der Waals surface area contributed by atoms with E-state index in [0.717, 1.165) is 31.2 Å². The van der Waals surface area contributed by atoms with E-state index in [4.69, 9.17) is 4.42 Å². The molecule has 1 aromatic carbocycles. The summed E-state index contributed by atoms with van der Waals surface area (Å²) in [4.78, 5) is 35.6. The molecule has 0 saturated heterocycles. The highest BCUT2D eigenvalue weighted by atomic mass is 16.5. The van der Waals surface area contributed by atoms with Crippen molar-refractivity contribution in [1.82, 2.24) is 15.7 Å². The number of carbonyl (C=O) groups is 3. The summed E-state index contributed by atoms with van der Waals surface area (Å²) in [5.41, 5.74) is 0.864. The van der Waals surface area contributed by atoms with Gasteiger partial charge in [0.15, 0.2) is 5.76 Å². The van der Waals surface area contributed by atoms with Gasteiger partial charge in [0.1, 0.15) is 5.76 Å². The summed E-state index contributed by atoms with van der Waals surface area (Å²) < 4.78 is 5.59. The second-order valence-electron chi connectivity index (χ2n) is 7.56. The van der Waals surface area contributed by atoms with Gasteiger partial charge in [-0.15, -0.1) is 0 Å². The van der Waals surface area contributed by atoms with Crippen LogP contribution in [0.4, 0.5) is 0 Å². The maximum atomic E-state index is 12.5. The summed E-state index contributed by atoms with van der Waals surface area (Å²) in [6.07, 6.45) is 5.27. The number of furan rings is 1. The molecule has 1 aliphatic carbocycles. The molecule has 0 aliphatic heterocycles. The lowest BCUT2D eigenvalue weighted by molar-refractivity contribution is -0.155. The molecule has 1 fully saturated rings. The Labute approximate surface area is 175 Å².